The van der Waals surface area contributed by atoms with Crippen LogP contribution >= 0.6 is 11.6 Å². The quantitative estimate of drug-likeness (QED) is 0.354. The summed E-state index contributed by atoms with van der Waals surface area (Å²) in [6.45, 7) is 0.0264. The van der Waals surface area contributed by atoms with Crippen molar-refractivity contribution in [2.24, 2.45) is 5.10 Å². The lowest BCUT2D eigenvalue weighted by molar-refractivity contribution is -0.384. The molecule has 0 bridgehead atoms. The Bertz CT molecular complexity index is 1010. The van der Waals surface area contributed by atoms with Gasteiger partial charge in [-0.15, -0.1) is 0 Å². The number of para-hydroxylation sites is 1. The van der Waals surface area contributed by atoms with E-state index in [2.05, 4.69) is 15.8 Å². The summed E-state index contributed by atoms with van der Waals surface area (Å²) in [6.07, 6.45) is 1.32. The number of furan rings is 1. The first kappa shape index (κ1) is 19.1. The number of nitrogens with one attached hydrogen (secondary N) is 2. The molecule has 2 aromatic carbocycles. The van der Waals surface area contributed by atoms with Crippen LogP contribution in [-0.2, 0) is 4.79 Å². The standard InChI is InChI=1S/C19H15ClN4O4/c20-13-5-7-14(8-6-13)21-12-19(25)23-22-11-15-9-10-18(28-15)16-3-1-2-4-17(16)24(26)27/h1-11,21H,12H2,(H,23,25)/b22-11-. The summed E-state index contributed by atoms with van der Waals surface area (Å²) in [7, 11) is 0. The molecule has 0 unspecified atom stereocenters. The fourth-order valence-electron chi connectivity index (χ4n) is 2.37. The van der Waals surface area contributed by atoms with E-state index < -0.39 is 4.92 Å². The van der Waals surface area contributed by atoms with Crippen molar-refractivity contribution in [2.75, 3.05) is 11.9 Å². The molecule has 2 N–H and O–H groups in total. The van der Waals surface area contributed by atoms with Crippen LogP contribution in [0.1, 0.15) is 5.76 Å². The van der Waals surface area contributed by atoms with Gasteiger partial charge in [0, 0.05) is 16.8 Å². The van der Waals surface area contributed by atoms with E-state index in [0.717, 1.165) is 5.69 Å². The molecular formula is C19H15ClN4O4. The molecule has 0 fully saturated rings. The van der Waals surface area contributed by atoms with E-state index in [4.69, 9.17) is 16.0 Å². The Kier molecular flexibility index (Phi) is 6.03. The number of halogens is 1. The zero-order chi connectivity index (χ0) is 19.9. The molecular weight excluding hydrogens is 384 g/mol. The third-order valence-corrected chi connectivity index (χ3v) is 3.92. The molecule has 1 aromatic heterocycles. The highest BCUT2D eigenvalue weighted by Crippen LogP contribution is 2.30. The number of hydrogen-bond acceptors (Lipinski definition) is 6. The van der Waals surface area contributed by atoms with Gasteiger partial charge in [-0.3, -0.25) is 14.9 Å². The summed E-state index contributed by atoms with van der Waals surface area (Å²) in [5.74, 6) is 0.334. The molecule has 142 valence electrons. The van der Waals surface area contributed by atoms with Gasteiger partial charge < -0.3 is 9.73 Å². The second-order valence-electron chi connectivity index (χ2n) is 5.63. The molecule has 0 saturated heterocycles. The Labute approximate surface area is 165 Å². The molecule has 0 aliphatic rings. The van der Waals surface area contributed by atoms with Gasteiger partial charge in [-0.05, 0) is 42.5 Å². The van der Waals surface area contributed by atoms with Crippen LogP contribution in [0.2, 0.25) is 5.02 Å². The van der Waals surface area contributed by atoms with E-state index in [0.29, 0.717) is 22.1 Å². The van der Waals surface area contributed by atoms with Gasteiger partial charge in [0.05, 0.1) is 23.2 Å². The third kappa shape index (κ3) is 4.95. The van der Waals surface area contributed by atoms with Gasteiger partial charge in [0.15, 0.2) is 0 Å². The Balaban J connectivity index is 1.56. The number of hydrogen-bond donors (Lipinski definition) is 2. The Hall–Kier alpha value is -3.65. The molecule has 0 radical (unpaired) electrons. The zero-order valence-corrected chi connectivity index (χ0v) is 15.2. The number of benzene rings is 2. The van der Waals surface area contributed by atoms with Gasteiger partial charge in [-0.25, -0.2) is 5.43 Å². The molecule has 3 rings (SSSR count). The van der Waals surface area contributed by atoms with Crippen molar-refractivity contribution in [1.29, 1.82) is 0 Å². The first-order valence-corrected chi connectivity index (χ1v) is 8.56. The number of nitrogens with zero attached hydrogens (tertiary/aromatic N) is 2. The average molecular weight is 399 g/mol. The molecule has 0 atom stereocenters. The second kappa shape index (κ2) is 8.83. The van der Waals surface area contributed by atoms with Crippen molar-refractivity contribution >= 4 is 35.1 Å². The number of carbonyl (C=O) groups excluding carboxylic acids is 1. The summed E-state index contributed by atoms with van der Waals surface area (Å²) in [5.41, 5.74) is 3.43. The topological polar surface area (TPSA) is 110 Å². The lowest BCUT2D eigenvalue weighted by atomic mass is 10.1. The van der Waals surface area contributed by atoms with Crippen molar-refractivity contribution in [3.8, 4) is 11.3 Å². The lowest BCUT2D eigenvalue weighted by Gasteiger charge is -2.04. The van der Waals surface area contributed by atoms with Crippen molar-refractivity contribution in [3.63, 3.8) is 0 Å². The fraction of sp³-hybridized carbons (Fsp3) is 0.0526. The molecule has 1 amide bonds. The molecule has 0 saturated carbocycles. The maximum Gasteiger partial charge on any atom is 0.280 e. The van der Waals surface area contributed by atoms with Crippen LogP contribution in [-0.4, -0.2) is 23.6 Å². The van der Waals surface area contributed by atoms with Crippen LogP contribution in [0.4, 0.5) is 11.4 Å². The fourth-order valence-corrected chi connectivity index (χ4v) is 2.49. The number of amides is 1. The highest BCUT2D eigenvalue weighted by Gasteiger charge is 2.16. The smallest absolute Gasteiger partial charge is 0.280 e. The number of nitro benzene ring substituents is 1. The maximum absolute atomic E-state index is 11.8. The molecule has 0 aliphatic carbocycles. The van der Waals surface area contributed by atoms with E-state index in [1.54, 1.807) is 54.6 Å². The molecule has 9 heteroatoms. The Morgan fingerprint density at radius 3 is 2.64 bits per heavy atom. The number of carbonyl (C=O) groups is 1. The summed E-state index contributed by atoms with van der Waals surface area (Å²) in [5, 5.41) is 18.5. The molecule has 0 spiro atoms. The van der Waals surface area contributed by atoms with Gasteiger partial charge in [0.25, 0.3) is 11.6 Å². The normalized spacial score (nSPS) is 10.8. The molecule has 1 heterocycles. The van der Waals surface area contributed by atoms with Crippen LogP contribution in [0.25, 0.3) is 11.3 Å². The van der Waals surface area contributed by atoms with E-state index in [9.17, 15) is 14.9 Å². The monoisotopic (exact) mass is 398 g/mol. The van der Waals surface area contributed by atoms with E-state index in [-0.39, 0.29) is 18.1 Å². The Morgan fingerprint density at radius 2 is 1.89 bits per heavy atom. The minimum Gasteiger partial charge on any atom is -0.455 e. The molecule has 0 aliphatic heterocycles. The van der Waals surface area contributed by atoms with Crippen LogP contribution in [0.15, 0.2) is 70.2 Å². The highest BCUT2D eigenvalue weighted by molar-refractivity contribution is 6.30. The number of anilines is 1. The first-order chi connectivity index (χ1) is 13.5. The summed E-state index contributed by atoms with van der Waals surface area (Å²) in [4.78, 5) is 22.4. The summed E-state index contributed by atoms with van der Waals surface area (Å²) in [6, 6.07) is 16.4. The summed E-state index contributed by atoms with van der Waals surface area (Å²) >= 11 is 5.80. The van der Waals surface area contributed by atoms with Crippen molar-refractivity contribution < 1.29 is 14.1 Å². The molecule has 3 aromatic rings. The second-order valence-corrected chi connectivity index (χ2v) is 6.07. The van der Waals surface area contributed by atoms with E-state index in [1.807, 2.05) is 0 Å². The van der Waals surface area contributed by atoms with Gasteiger partial charge >= 0.3 is 0 Å². The number of nitro groups is 1. The van der Waals surface area contributed by atoms with Gasteiger partial charge in [0.2, 0.25) is 0 Å². The molecule has 8 nitrogen and oxygen atoms in total. The zero-order valence-electron chi connectivity index (χ0n) is 14.5. The molecule has 28 heavy (non-hydrogen) atoms. The van der Waals surface area contributed by atoms with Gasteiger partial charge in [0.1, 0.15) is 11.5 Å². The van der Waals surface area contributed by atoms with Crippen molar-refractivity contribution in [3.05, 3.63) is 81.6 Å². The highest BCUT2D eigenvalue weighted by atomic mass is 35.5. The minimum atomic E-state index is -0.473. The summed E-state index contributed by atoms with van der Waals surface area (Å²) < 4.78 is 5.55. The van der Waals surface area contributed by atoms with Crippen LogP contribution < -0.4 is 10.7 Å². The lowest BCUT2D eigenvalue weighted by Crippen LogP contribution is -2.25. The van der Waals surface area contributed by atoms with Crippen LogP contribution in [0.3, 0.4) is 0 Å². The predicted octanol–water partition coefficient (Wildman–Crippen LogP) is 4.07. The van der Waals surface area contributed by atoms with Crippen molar-refractivity contribution in [1.82, 2.24) is 5.43 Å². The van der Waals surface area contributed by atoms with Crippen LogP contribution in [0, 0.1) is 10.1 Å². The predicted molar refractivity (Wildman–Crippen MR) is 106 cm³/mol. The number of hydrazone groups is 1. The minimum absolute atomic E-state index is 0.0264. The first-order valence-electron chi connectivity index (χ1n) is 8.18. The van der Waals surface area contributed by atoms with Gasteiger partial charge in [-0.2, -0.15) is 5.10 Å². The Morgan fingerprint density at radius 1 is 1.14 bits per heavy atom. The largest absolute Gasteiger partial charge is 0.455 e. The van der Waals surface area contributed by atoms with Crippen molar-refractivity contribution in [2.45, 2.75) is 0 Å². The van der Waals surface area contributed by atoms with E-state index in [1.165, 1.54) is 12.3 Å². The van der Waals surface area contributed by atoms with Crippen LogP contribution in [0.5, 0.6) is 0 Å². The third-order valence-electron chi connectivity index (χ3n) is 3.67. The SMILES string of the molecule is O=C(CNc1ccc(Cl)cc1)N/N=C\c1ccc(-c2ccccc2[N+](=O)[O-])o1. The van der Waals surface area contributed by atoms with Gasteiger partial charge in [-0.1, -0.05) is 23.7 Å². The number of rotatable bonds is 7. The van der Waals surface area contributed by atoms with E-state index >= 15 is 0 Å². The average Bonchev–Trinajstić information content (AvgIpc) is 3.16. The maximum atomic E-state index is 11.8.